The van der Waals surface area contributed by atoms with E-state index in [1.165, 1.54) is 6.92 Å². The average Bonchev–Trinajstić information content (AvgIpc) is 2.14. The van der Waals surface area contributed by atoms with E-state index in [1.807, 2.05) is 0 Å². The van der Waals surface area contributed by atoms with Crippen molar-refractivity contribution >= 4 is 11.8 Å². The fourth-order valence-corrected chi connectivity index (χ4v) is 1.11. The number of hydrogen-bond acceptors (Lipinski definition) is 3. The van der Waals surface area contributed by atoms with Gasteiger partial charge in [-0.25, -0.2) is 13.6 Å². The van der Waals surface area contributed by atoms with Gasteiger partial charge in [0.2, 0.25) is 0 Å². The molecular formula is C10H8F2O3. The Bertz CT molecular complexity index is 404. The quantitative estimate of drug-likeness (QED) is 0.427. The first-order valence-corrected chi connectivity index (χ1v) is 4.05. The lowest BCUT2D eigenvalue weighted by molar-refractivity contribution is -0.135. The molecule has 0 aliphatic rings. The van der Waals surface area contributed by atoms with Crippen LogP contribution in [0.1, 0.15) is 15.9 Å². The largest absolute Gasteiger partial charge is 0.463 e. The second-order valence-electron chi connectivity index (χ2n) is 2.92. The predicted molar refractivity (Wildman–Crippen MR) is 47.4 cm³/mol. The molecule has 0 spiro atoms. The third-order valence-electron chi connectivity index (χ3n) is 1.78. The van der Waals surface area contributed by atoms with Gasteiger partial charge < -0.3 is 4.74 Å². The zero-order chi connectivity index (χ0) is 11.6. The first-order chi connectivity index (χ1) is 6.97. The van der Waals surface area contributed by atoms with E-state index in [4.69, 9.17) is 0 Å². The molecule has 15 heavy (non-hydrogen) atoms. The van der Waals surface area contributed by atoms with Crippen molar-refractivity contribution in [2.24, 2.45) is 0 Å². The van der Waals surface area contributed by atoms with Gasteiger partial charge in [0.1, 0.15) is 17.2 Å². The second-order valence-corrected chi connectivity index (χ2v) is 2.92. The van der Waals surface area contributed by atoms with Crippen molar-refractivity contribution in [1.29, 1.82) is 0 Å². The third-order valence-corrected chi connectivity index (χ3v) is 1.78. The van der Waals surface area contributed by atoms with Gasteiger partial charge in [-0.1, -0.05) is 0 Å². The summed E-state index contributed by atoms with van der Waals surface area (Å²) in [6.07, 6.45) is 0. The highest BCUT2D eigenvalue weighted by molar-refractivity contribution is 6.40. The third kappa shape index (κ3) is 2.18. The second kappa shape index (κ2) is 4.16. The van der Waals surface area contributed by atoms with Crippen LogP contribution in [0, 0.1) is 18.6 Å². The van der Waals surface area contributed by atoms with Crippen LogP contribution in [0.2, 0.25) is 0 Å². The Kier molecular flexibility index (Phi) is 3.14. The minimum atomic E-state index is -1.33. The van der Waals surface area contributed by atoms with Crippen molar-refractivity contribution in [2.45, 2.75) is 6.92 Å². The van der Waals surface area contributed by atoms with E-state index in [0.29, 0.717) is 5.56 Å². The molecule has 0 saturated heterocycles. The molecule has 0 bridgehead atoms. The number of ether oxygens (including phenoxy) is 1. The topological polar surface area (TPSA) is 43.4 Å². The summed E-state index contributed by atoms with van der Waals surface area (Å²) in [5.41, 5.74) is -0.557. The van der Waals surface area contributed by atoms with Gasteiger partial charge in [-0.15, -0.1) is 0 Å². The number of aryl methyl sites for hydroxylation is 1. The predicted octanol–water partition coefficient (Wildman–Crippen LogP) is 1.63. The molecule has 0 aliphatic carbocycles. The van der Waals surface area contributed by atoms with Crippen molar-refractivity contribution < 1.29 is 23.1 Å². The number of rotatable bonds is 2. The zero-order valence-corrected chi connectivity index (χ0v) is 8.14. The zero-order valence-electron chi connectivity index (χ0n) is 8.14. The summed E-state index contributed by atoms with van der Waals surface area (Å²) in [5, 5.41) is 0. The normalized spacial score (nSPS) is 9.87. The lowest BCUT2D eigenvalue weighted by Gasteiger charge is -2.03. The molecule has 0 N–H and O–H groups in total. The Morgan fingerprint density at radius 1 is 1.20 bits per heavy atom. The number of carbonyl (C=O) groups excluding carboxylic acids is 2. The number of halogens is 2. The van der Waals surface area contributed by atoms with Crippen LogP contribution in [0.4, 0.5) is 8.78 Å². The van der Waals surface area contributed by atoms with Gasteiger partial charge in [-0.2, -0.15) is 0 Å². The summed E-state index contributed by atoms with van der Waals surface area (Å²) in [5.74, 6) is -4.75. The number of esters is 1. The number of Topliss-reactive ketones (excluding diaryl/α,β-unsaturated/α-hetero) is 1. The summed E-state index contributed by atoms with van der Waals surface area (Å²) < 4.78 is 30.5. The molecule has 80 valence electrons. The van der Waals surface area contributed by atoms with Crippen molar-refractivity contribution in [1.82, 2.24) is 0 Å². The van der Waals surface area contributed by atoms with Crippen molar-refractivity contribution in [2.75, 3.05) is 7.11 Å². The van der Waals surface area contributed by atoms with Gasteiger partial charge in [0, 0.05) is 0 Å². The molecular weight excluding hydrogens is 206 g/mol. The number of ketones is 1. The van der Waals surface area contributed by atoms with Gasteiger partial charge in [0.15, 0.2) is 0 Å². The van der Waals surface area contributed by atoms with E-state index in [0.717, 1.165) is 19.2 Å². The highest BCUT2D eigenvalue weighted by atomic mass is 19.1. The van der Waals surface area contributed by atoms with Gasteiger partial charge >= 0.3 is 5.97 Å². The fraction of sp³-hybridized carbons (Fsp3) is 0.200. The summed E-state index contributed by atoms with van der Waals surface area (Å²) in [6, 6.07) is 1.94. The van der Waals surface area contributed by atoms with Crippen LogP contribution in [0.3, 0.4) is 0 Å². The van der Waals surface area contributed by atoms with Crippen LogP contribution < -0.4 is 0 Å². The molecule has 0 fully saturated rings. The molecule has 0 amide bonds. The summed E-state index contributed by atoms with van der Waals surface area (Å²) >= 11 is 0. The Balaban J connectivity index is 3.26. The average molecular weight is 214 g/mol. The van der Waals surface area contributed by atoms with Crippen LogP contribution in [-0.2, 0) is 9.53 Å². The van der Waals surface area contributed by atoms with Crippen molar-refractivity contribution in [3.8, 4) is 0 Å². The standard InChI is InChI=1S/C10H8F2O3/c1-5-3-6(11)8(7(12)4-5)9(13)10(14)15-2/h3-4H,1-2H3. The fourth-order valence-electron chi connectivity index (χ4n) is 1.11. The highest BCUT2D eigenvalue weighted by Gasteiger charge is 2.24. The summed E-state index contributed by atoms with van der Waals surface area (Å²) in [7, 11) is 0.963. The van der Waals surface area contributed by atoms with Crippen LogP contribution >= 0.6 is 0 Å². The van der Waals surface area contributed by atoms with E-state index in [9.17, 15) is 18.4 Å². The maximum Gasteiger partial charge on any atom is 0.379 e. The molecule has 0 saturated carbocycles. The molecule has 0 radical (unpaired) electrons. The molecule has 1 aromatic carbocycles. The summed E-state index contributed by atoms with van der Waals surface area (Å²) in [6.45, 7) is 1.47. The van der Waals surface area contributed by atoms with Gasteiger partial charge in [-0.3, -0.25) is 4.79 Å². The van der Waals surface area contributed by atoms with E-state index >= 15 is 0 Å². The number of methoxy groups -OCH3 is 1. The Labute approximate surface area is 84.7 Å². The first-order valence-electron chi connectivity index (χ1n) is 4.05. The SMILES string of the molecule is COC(=O)C(=O)c1c(F)cc(C)cc1F. The van der Waals surface area contributed by atoms with Gasteiger partial charge in [0.05, 0.1) is 7.11 Å². The maximum atomic E-state index is 13.2. The lowest BCUT2D eigenvalue weighted by atomic mass is 10.1. The molecule has 1 rings (SSSR count). The van der Waals surface area contributed by atoms with Crippen LogP contribution in [0.15, 0.2) is 12.1 Å². The van der Waals surface area contributed by atoms with E-state index < -0.39 is 29.0 Å². The smallest absolute Gasteiger partial charge is 0.379 e. The summed E-state index contributed by atoms with van der Waals surface area (Å²) in [4.78, 5) is 22.0. The van der Waals surface area contributed by atoms with Crippen molar-refractivity contribution in [3.63, 3.8) is 0 Å². The van der Waals surface area contributed by atoms with E-state index in [1.54, 1.807) is 0 Å². The van der Waals surface area contributed by atoms with E-state index in [-0.39, 0.29) is 0 Å². The Morgan fingerprint density at radius 3 is 2.07 bits per heavy atom. The van der Waals surface area contributed by atoms with Crippen LogP contribution in [-0.4, -0.2) is 18.9 Å². The number of carbonyl (C=O) groups is 2. The molecule has 0 aromatic heterocycles. The molecule has 3 nitrogen and oxygen atoms in total. The Hall–Kier alpha value is -1.78. The Morgan fingerprint density at radius 2 is 1.67 bits per heavy atom. The number of hydrogen-bond donors (Lipinski definition) is 0. The van der Waals surface area contributed by atoms with Gasteiger partial charge in [0.25, 0.3) is 5.78 Å². The van der Waals surface area contributed by atoms with Crippen molar-refractivity contribution in [3.05, 3.63) is 34.9 Å². The first kappa shape index (κ1) is 11.3. The minimum absolute atomic E-state index is 0.325. The maximum absolute atomic E-state index is 13.2. The monoisotopic (exact) mass is 214 g/mol. The molecule has 0 heterocycles. The molecule has 0 atom stereocenters. The van der Waals surface area contributed by atoms with Crippen LogP contribution in [0.25, 0.3) is 0 Å². The van der Waals surface area contributed by atoms with E-state index in [2.05, 4.69) is 4.74 Å². The molecule has 0 aliphatic heterocycles. The lowest BCUT2D eigenvalue weighted by Crippen LogP contribution is -2.19. The van der Waals surface area contributed by atoms with Gasteiger partial charge in [-0.05, 0) is 24.6 Å². The molecule has 5 heteroatoms. The van der Waals surface area contributed by atoms with Crippen LogP contribution in [0.5, 0.6) is 0 Å². The minimum Gasteiger partial charge on any atom is -0.463 e. The highest BCUT2D eigenvalue weighted by Crippen LogP contribution is 2.16. The number of benzene rings is 1. The molecule has 0 unspecified atom stereocenters. The molecule has 1 aromatic rings.